The smallest absolute Gasteiger partial charge is 0.119 e. The molecule has 0 aromatic heterocycles. The summed E-state index contributed by atoms with van der Waals surface area (Å²) in [6.45, 7) is 0.208. The van der Waals surface area contributed by atoms with Crippen molar-refractivity contribution < 1.29 is 9.84 Å². The Morgan fingerprint density at radius 1 is 0.905 bits per heavy atom. The number of aliphatic hydroxyl groups is 1. The maximum Gasteiger partial charge on any atom is 0.119 e. The van der Waals surface area contributed by atoms with Crippen molar-refractivity contribution in [2.75, 3.05) is 6.61 Å². The van der Waals surface area contributed by atoms with Crippen molar-refractivity contribution in [2.45, 2.75) is 6.10 Å². The van der Waals surface area contributed by atoms with E-state index in [0.29, 0.717) is 10.8 Å². The molecular formula is C18H15ClO2. The molecule has 106 valence electrons. The first-order valence-corrected chi connectivity index (χ1v) is 7.15. The molecule has 0 fully saturated rings. The van der Waals surface area contributed by atoms with Gasteiger partial charge in [-0.3, -0.25) is 0 Å². The monoisotopic (exact) mass is 298 g/mol. The molecule has 0 aliphatic heterocycles. The second-order valence-corrected chi connectivity index (χ2v) is 5.32. The van der Waals surface area contributed by atoms with Crippen molar-refractivity contribution in [3.63, 3.8) is 0 Å². The average molecular weight is 299 g/mol. The zero-order valence-corrected chi connectivity index (χ0v) is 12.1. The van der Waals surface area contributed by atoms with E-state index in [1.54, 1.807) is 24.3 Å². The highest BCUT2D eigenvalue weighted by Gasteiger charge is 2.09. The molecule has 21 heavy (non-hydrogen) atoms. The highest BCUT2D eigenvalue weighted by molar-refractivity contribution is 6.30. The van der Waals surface area contributed by atoms with Crippen LogP contribution in [0.4, 0.5) is 0 Å². The lowest BCUT2D eigenvalue weighted by Crippen LogP contribution is -2.09. The van der Waals surface area contributed by atoms with Crippen LogP contribution in [-0.4, -0.2) is 11.7 Å². The maximum absolute atomic E-state index is 10.2. The van der Waals surface area contributed by atoms with E-state index in [4.69, 9.17) is 16.3 Å². The van der Waals surface area contributed by atoms with Crippen LogP contribution in [0.2, 0.25) is 5.02 Å². The van der Waals surface area contributed by atoms with E-state index in [1.165, 1.54) is 0 Å². The summed E-state index contributed by atoms with van der Waals surface area (Å²) < 4.78 is 5.58. The van der Waals surface area contributed by atoms with Gasteiger partial charge in [0.15, 0.2) is 0 Å². The summed E-state index contributed by atoms with van der Waals surface area (Å²) in [6.07, 6.45) is -0.662. The second kappa shape index (κ2) is 6.17. The molecule has 1 atom stereocenters. The molecule has 0 spiro atoms. The third-order valence-corrected chi connectivity index (χ3v) is 3.63. The molecule has 0 radical (unpaired) electrons. The van der Waals surface area contributed by atoms with Crippen LogP contribution in [0, 0.1) is 0 Å². The van der Waals surface area contributed by atoms with Gasteiger partial charge in [0.05, 0.1) is 0 Å². The zero-order valence-electron chi connectivity index (χ0n) is 11.4. The molecule has 3 rings (SSSR count). The van der Waals surface area contributed by atoms with E-state index in [9.17, 15) is 5.11 Å². The van der Waals surface area contributed by atoms with Gasteiger partial charge in [0.1, 0.15) is 18.5 Å². The lowest BCUT2D eigenvalue weighted by atomic mass is 10.0. The highest BCUT2D eigenvalue weighted by Crippen LogP contribution is 2.22. The summed E-state index contributed by atoms with van der Waals surface area (Å²) in [5, 5.41) is 13.2. The van der Waals surface area contributed by atoms with E-state index in [1.807, 2.05) is 36.4 Å². The first-order valence-electron chi connectivity index (χ1n) is 6.77. The SMILES string of the molecule is OC(COc1ccc(Cl)cc1)c1ccc2ccccc2c1. The van der Waals surface area contributed by atoms with Gasteiger partial charge in [0.25, 0.3) is 0 Å². The van der Waals surface area contributed by atoms with Crippen molar-refractivity contribution in [3.8, 4) is 5.75 Å². The molecular weight excluding hydrogens is 284 g/mol. The normalized spacial score (nSPS) is 12.3. The Morgan fingerprint density at radius 3 is 2.38 bits per heavy atom. The Morgan fingerprint density at radius 2 is 1.62 bits per heavy atom. The number of hydrogen-bond acceptors (Lipinski definition) is 2. The van der Waals surface area contributed by atoms with Crippen molar-refractivity contribution in [2.24, 2.45) is 0 Å². The van der Waals surface area contributed by atoms with Gasteiger partial charge in [-0.05, 0) is 46.7 Å². The van der Waals surface area contributed by atoms with E-state index in [2.05, 4.69) is 6.07 Å². The van der Waals surface area contributed by atoms with Gasteiger partial charge in [-0.15, -0.1) is 0 Å². The number of halogens is 1. The Labute approximate surface area is 128 Å². The number of benzene rings is 3. The molecule has 0 amide bonds. The predicted molar refractivity (Wildman–Crippen MR) is 85.9 cm³/mol. The first kappa shape index (κ1) is 13.9. The zero-order chi connectivity index (χ0) is 14.7. The quantitative estimate of drug-likeness (QED) is 0.762. The van der Waals surface area contributed by atoms with E-state index in [-0.39, 0.29) is 6.61 Å². The van der Waals surface area contributed by atoms with Crippen LogP contribution in [-0.2, 0) is 0 Å². The fourth-order valence-corrected chi connectivity index (χ4v) is 2.34. The minimum Gasteiger partial charge on any atom is -0.491 e. The molecule has 1 unspecified atom stereocenters. The maximum atomic E-state index is 10.2. The lowest BCUT2D eigenvalue weighted by molar-refractivity contribution is 0.108. The van der Waals surface area contributed by atoms with Crippen LogP contribution in [0.5, 0.6) is 5.75 Å². The summed E-state index contributed by atoms with van der Waals surface area (Å²) in [5.41, 5.74) is 0.850. The van der Waals surface area contributed by atoms with E-state index in [0.717, 1.165) is 16.3 Å². The fraction of sp³-hybridized carbons (Fsp3) is 0.111. The van der Waals surface area contributed by atoms with Gasteiger partial charge >= 0.3 is 0 Å². The summed E-state index contributed by atoms with van der Waals surface area (Å²) in [7, 11) is 0. The topological polar surface area (TPSA) is 29.5 Å². The van der Waals surface area contributed by atoms with Crippen LogP contribution in [0.3, 0.4) is 0 Å². The van der Waals surface area contributed by atoms with Crippen molar-refractivity contribution in [3.05, 3.63) is 77.3 Å². The minimum atomic E-state index is -0.662. The first-order chi connectivity index (χ1) is 10.2. The Balaban J connectivity index is 1.71. The standard InChI is InChI=1S/C18H15ClO2/c19-16-7-9-17(10-8-16)21-12-18(20)15-6-5-13-3-1-2-4-14(13)11-15/h1-11,18,20H,12H2. The summed E-state index contributed by atoms with van der Waals surface area (Å²) in [5.74, 6) is 0.694. The van der Waals surface area contributed by atoms with Gasteiger partial charge in [0.2, 0.25) is 0 Å². The summed E-state index contributed by atoms with van der Waals surface area (Å²) in [4.78, 5) is 0. The van der Waals surface area contributed by atoms with Gasteiger partial charge < -0.3 is 9.84 Å². The Bertz CT molecular complexity index is 738. The summed E-state index contributed by atoms with van der Waals surface area (Å²) in [6, 6.07) is 21.1. The average Bonchev–Trinajstić information content (AvgIpc) is 2.53. The molecule has 3 heteroatoms. The summed E-state index contributed by atoms with van der Waals surface area (Å²) >= 11 is 5.82. The van der Waals surface area contributed by atoms with Gasteiger partial charge in [-0.2, -0.15) is 0 Å². The van der Waals surface area contributed by atoms with Crippen LogP contribution in [0.1, 0.15) is 11.7 Å². The second-order valence-electron chi connectivity index (χ2n) is 4.89. The Hall–Kier alpha value is -2.03. The molecule has 3 aromatic carbocycles. The molecule has 3 aromatic rings. The number of rotatable bonds is 4. The number of hydrogen-bond donors (Lipinski definition) is 1. The van der Waals surface area contributed by atoms with Crippen LogP contribution >= 0.6 is 11.6 Å². The molecule has 0 saturated carbocycles. The number of aliphatic hydroxyl groups excluding tert-OH is 1. The van der Waals surface area contributed by atoms with Gasteiger partial charge in [-0.1, -0.05) is 48.0 Å². The fourth-order valence-electron chi connectivity index (χ4n) is 2.22. The minimum absolute atomic E-state index is 0.208. The van der Waals surface area contributed by atoms with Crippen LogP contribution in [0.15, 0.2) is 66.7 Å². The molecule has 2 nitrogen and oxygen atoms in total. The van der Waals surface area contributed by atoms with Crippen molar-refractivity contribution >= 4 is 22.4 Å². The molecule has 1 N–H and O–H groups in total. The van der Waals surface area contributed by atoms with Gasteiger partial charge in [0, 0.05) is 5.02 Å². The largest absolute Gasteiger partial charge is 0.491 e. The highest BCUT2D eigenvalue weighted by atomic mass is 35.5. The van der Waals surface area contributed by atoms with Crippen LogP contribution in [0.25, 0.3) is 10.8 Å². The molecule has 0 aliphatic carbocycles. The number of fused-ring (bicyclic) bond motifs is 1. The molecule has 0 heterocycles. The molecule has 0 aliphatic rings. The van der Waals surface area contributed by atoms with Gasteiger partial charge in [-0.25, -0.2) is 0 Å². The van der Waals surface area contributed by atoms with E-state index < -0.39 is 6.10 Å². The molecule has 0 bridgehead atoms. The van der Waals surface area contributed by atoms with Crippen molar-refractivity contribution in [1.29, 1.82) is 0 Å². The third kappa shape index (κ3) is 3.35. The lowest BCUT2D eigenvalue weighted by Gasteiger charge is -2.13. The predicted octanol–water partition coefficient (Wildman–Crippen LogP) is 4.61. The van der Waals surface area contributed by atoms with Crippen LogP contribution < -0.4 is 4.74 Å². The van der Waals surface area contributed by atoms with Crippen molar-refractivity contribution in [1.82, 2.24) is 0 Å². The Kier molecular flexibility index (Phi) is 4.09. The number of ether oxygens (including phenoxy) is 1. The van der Waals surface area contributed by atoms with E-state index >= 15 is 0 Å². The third-order valence-electron chi connectivity index (χ3n) is 3.38. The molecule has 0 saturated heterocycles.